The largest absolute Gasteiger partial charge is 0.388 e. The van der Waals surface area contributed by atoms with E-state index in [4.69, 9.17) is 18.9 Å². The smallest absolute Gasteiger partial charge is 0.244 e. The molecule has 1 N–H and O–H groups in total. The fraction of sp³-hybridized carbons (Fsp3) is 0.826. The Bertz CT molecular complexity index is 935. The van der Waals surface area contributed by atoms with Crippen LogP contribution in [0.4, 0.5) is 0 Å². The van der Waals surface area contributed by atoms with Gasteiger partial charge in [0.15, 0.2) is 11.6 Å². The number of aliphatic hydroxyl groups excluding tert-OH is 1. The van der Waals surface area contributed by atoms with E-state index < -0.39 is 34.3 Å². The monoisotopic (exact) mass is 509 g/mol. The topological polar surface area (TPSA) is 94.5 Å². The first-order valence-electron chi connectivity index (χ1n) is 11.7. The van der Waals surface area contributed by atoms with Crippen LogP contribution in [0.5, 0.6) is 0 Å². The molecule has 32 heavy (non-hydrogen) atoms. The predicted octanol–water partition coefficient (Wildman–Crippen LogP) is 1.63. The van der Waals surface area contributed by atoms with E-state index in [1.807, 2.05) is 6.08 Å². The van der Waals surface area contributed by atoms with Crippen molar-refractivity contribution in [2.24, 2.45) is 17.3 Å². The number of carbonyl (C=O) groups excluding carboxylic acids is 2. The minimum absolute atomic E-state index is 0.0638. The summed E-state index contributed by atoms with van der Waals surface area (Å²) in [5.74, 6) is -0.208. The van der Waals surface area contributed by atoms with E-state index in [1.165, 1.54) is 4.90 Å². The summed E-state index contributed by atoms with van der Waals surface area (Å²) in [4.78, 5) is 26.9. The lowest BCUT2D eigenvalue weighted by atomic mass is 9.57. The highest BCUT2D eigenvalue weighted by molar-refractivity contribution is 9.10. The van der Waals surface area contributed by atoms with Crippen LogP contribution in [0.1, 0.15) is 45.4 Å². The van der Waals surface area contributed by atoms with Crippen LogP contribution in [0.3, 0.4) is 0 Å². The first-order chi connectivity index (χ1) is 15.3. The Labute approximate surface area is 194 Å². The lowest BCUT2D eigenvalue weighted by Crippen LogP contribution is -2.74. The van der Waals surface area contributed by atoms with Gasteiger partial charge in [-0.25, -0.2) is 0 Å². The molecule has 5 unspecified atom stereocenters. The third-order valence-corrected chi connectivity index (χ3v) is 11.1. The van der Waals surface area contributed by atoms with Gasteiger partial charge in [0.2, 0.25) is 12.8 Å². The zero-order valence-electron chi connectivity index (χ0n) is 18.0. The predicted molar refractivity (Wildman–Crippen MR) is 112 cm³/mol. The third-order valence-electron chi connectivity index (χ3n) is 9.85. The fourth-order valence-electron chi connectivity index (χ4n) is 8.31. The van der Waals surface area contributed by atoms with Gasteiger partial charge < -0.3 is 24.1 Å². The molecular formula is C23H28BrNO7. The number of aliphatic hydroxyl groups is 1. The number of alkyl halides is 1. The molecule has 0 aromatic rings. The van der Waals surface area contributed by atoms with Gasteiger partial charge in [-0.2, -0.15) is 0 Å². The highest BCUT2D eigenvalue weighted by Crippen LogP contribution is 2.67. The van der Waals surface area contributed by atoms with Crippen molar-refractivity contribution in [3.05, 3.63) is 11.6 Å². The van der Waals surface area contributed by atoms with Gasteiger partial charge in [0.25, 0.3) is 0 Å². The Morgan fingerprint density at radius 2 is 1.97 bits per heavy atom. The maximum atomic E-state index is 13.8. The summed E-state index contributed by atoms with van der Waals surface area (Å²) in [5.41, 5.74) is -0.112. The van der Waals surface area contributed by atoms with Gasteiger partial charge in [-0.15, -0.1) is 0 Å². The number of Topliss-reactive ketones (excluding diaryl/α,β-unsaturated/α-hetero) is 1. The summed E-state index contributed by atoms with van der Waals surface area (Å²) < 4.78 is 23.9. The number of ether oxygens (including phenoxy) is 4. The molecule has 7 fully saturated rings. The molecule has 9 atom stereocenters. The Morgan fingerprint density at radius 1 is 1.22 bits per heavy atom. The Morgan fingerprint density at radius 3 is 2.72 bits per heavy atom. The SMILES string of the molecule is C[C@]12CC(=O)[C@]3(Br)C=C4C5OC6OC4(CC[C@H]3[C@@H]1CCC21OCCO1)CC(C5O)N6C=O. The lowest BCUT2D eigenvalue weighted by molar-refractivity contribution is -0.381. The summed E-state index contributed by atoms with van der Waals surface area (Å²) in [6.07, 6.45) is 4.76. The molecule has 8 rings (SSSR count). The van der Waals surface area contributed by atoms with Gasteiger partial charge in [0.05, 0.1) is 24.9 Å². The molecule has 0 aromatic heterocycles. The third kappa shape index (κ3) is 2.17. The maximum Gasteiger partial charge on any atom is 0.244 e. The average Bonchev–Trinajstić information content (AvgIpc) is 3.31. The highest BCUT2D eigenvalue weighted by atomic mass is 79.9. The summed E-state index contributed by atoms with van der Waals surface area (Å²) in [5, 5.41) is 11.0. The minimum Gasteiger partial charge on any atom is -0.388 e. The standard InChI is InChI=1S/C23H28BrNO7/c1-20-10-16(27)22(24)8-14-18-17(28)15-9-21(14,32-19(31-18)25(15)11-26)4-2-13(22)12(20)3-5-23(20)29-6-7-30-23/h8,11-13,15,17-19,28H,2-7,9-10H2,1H3/t12-,13-,15?,17?,18?,19?,20-,21?,22-/m0/s1. The molecular weight excluding hydrogens is 482 g/mol. The van der Waals surface area contributed by atoms with Gasteiger partial charge in [-0.1, -0.05) is 28.9 Å². The zero-order chi connectivity index (χ0) is 22.1. The van der Waals surface area contributed by atoms with E-state index in [-0.39, 0.29) is 29.1 Å². The van der Waals surface area contributed by atoms with Crippen LogP contribution in [-0.4, -0.2) is 75.8 Å². The van der Waals surface area contributed by atoms with Crippen molar-refractivity contribution in [2.45, 2.75) is 85.8 Å². The van der Waals surface area contributed by atoms with Crippen molar-refractivity contribution in [3.8, 4) is 0 Å². The molecule has 9 heteroatoms. The molecule has 1 amide bonds. The number of rotatable bonds is 1. The fourth-order valence-corrected chi connectivity index (χ4v) is 9.24. The van der Waals surface area contributed by atoms with Gasteiger partial charge in [-0.05, 0) is 36.7 Å². The second kappa shape index (κ2) is 6.23. The van der Waals surface area contributed by atoms with E-state index >= 15 is 0 Å². The number of nitrogens with zero attached hydrogens (tertiary/aromatic N) is 1. The number of halogens is 1. The van der Waals surface area contributed by atoms with Crippen molar-refractivity contribution in [3.63, 3.8) is 0 Å². The summed E-state index contributed by atoms with van der Waals surface area (Å²) in [6, 6.07) is -0.329. The number of allylic oxidation sites excluding steroid dienone is 1. The highest BCUT2D eigenvalue weighted by Gasteiger charge is 2.71. The molecule has 4 aliphatic heterocycles. The summed E-state index contributed by atoms with van der Waals surface area (Å²) in [6.45, 7) is 3.33. The normalized spacial score (nSPS) is 54.8. The first-order valence-corrected chi connectivity index (χ1v) is 12.5. The van der Waals surface area contributed by atoms with Crippen molar-refractivity contribution in [2.75, 3.05) is 13.2 Å². The maximum absolute atomic E-state index is 13.8. The van der Waals surface area contributed by atoms with Crippen LogP contribution in [0.15, 0.2) is 11.6 Å². The average molecular weight is 510 g/mol. The van der Waals surface area contributed by atoms with Gasteiger partial charge >= 0.3 is 0 Å². The number of hydrogen-bond donors (Lipinski definition) is 1. The first kappa shape index (κ1) is 20.5. The second-order valence-electron chi connectivity index (χ2n) is 10.9. The molecule has 4 heterocycles. The van der Waals surface area contributed by atoms with E-state index in [2.05, 4.69) is 22.9 Å². The van der Waals surface area contributed by atoms with Crippen LogP contribution < -0.4 is 0 Å². The van der Waals surface area contributed by atoms with Crippen molar-refractivity contribution in [1.82, 2.24) is 4.90 Å². The van der Waals surface area contributed by atoms with Crippen molar-refractivity contribution >= 4 is 28.1 Å². The molecule has 8 aliphatic rings. The molecule has 4 aliphatic carbocycles. The molecule has 0 aromatic carbocycles. The van der Waals surface area contributed by atoms with Crippen molar-refractivity contribution < 1.29 is 33.6 Å². The van der Waals surface area contributed by atoms with E-state index in [0.717, 1.165) is 31.3 Å². The number of hydrogen-bond acceptors (Lipinski definition) is 7. The summed E-state index contributed by atoms with van der Waals surface area (Å²) in [7, 11) is 0. The van der Waals surface area contributed by atoms with Crippen LogP contribution in [0.2, 0.25) is 0 Å². The van der Waals surface area contributed by atoms with E-state index in [9.17, 15) is 14.7 Å². The molecule has 174 valence electrons. The van der Waals surface area contributed by atoms with Gasteiger partial charge in [0.1, 0.15) is 16.5 Å². The van der Waals surface area contributed by atoms with Crippen LogP contribution in [0, 0.1) is 17.3 Å². The Balaban J connectivity index is 1.32. The van der Waals surface area contributed by atoms with Crippen molar-refractivity contribution in [1.29, 1.82) is 0 Å². The quantitative estimate of drug-likeness (QED) is 0.326. The molecule has 8 nitrogen and oxygen atoms in total. The van der Waals surface area contributed by atoms with E-state index in [0.29, 0.717) is 32.5 Å². The van der Waals surface area contributed by atoms with E-state index in [1.54, 1.807) is 0 Å². The van der Waals surface area contributed by atoms with Crippen LogP contribution in [0.25, 0.3) is 0 Å². The Kier molecular flexibility index (Phi) is 4.00. The van der Waals surface area contributed by atoms with Gasteiger partial charge in [0, 0.05) is 24.7 Å². The number of amides is 1. The number of ketones is 1. The van der Waals surface area contributed by atoms with Gasteiger partial charge in [-0.3, -0.25) is 14.5 Å². The molecule has 0 radical (unpaired) electrons. The Hall–Kier alpha value is -0.840. The second-order valence-corrected chi connectivity index (χ2v) is 12.2. The molecule has 4 bridgehead atoms. The van der Waals surface area contributed by atoms with Crippen LogP contribution >= 0.6 is 15.9 Å². The minimum atomic E-state index is -0.827. The van der Waals surface area contributed by atoms with Crippen LogP contribution in [-0.2, 0) is 28.5 Å². The summed E-state index contributed by atoms with van der Waals surface area (Å²) >= 11 is 3.92. The molecule has 4 saturated heterocycles. The number of fused-ring (bicyclic) bond motifs is 4. The molecule has 3 saturated carbocycles. The lowest BCUT2D eigenvalue weighted by Gasteiger charge is -2.62. The molecule has 2 spiro atoms. The number of carbonyl (C=O) groups is 2. The zero-order valence-corrected chi connectivity index (χ0v) is 19.6.